The van der Waals surface area contributed by atoms with Crippen LogP contribution in [0.3, 0.4) is 0 Å². The summed E-state index contributed by atoms with van der Waals surface area (Å²) in [7, 11) is 1.66. The molecule has 7 aromatic heterocycles. The number of aliphatic hydroxyl groups excluding tert-OH is 5. The number of rotatable bonds is 7. The number of nitrogens with two attached hydrogens (primary N) is 3. The van der Waals surface area contributed by atoms with Crippen molar-refractivity contribution in [2.45, 2.75) is 59.4 Å². The lowest BCUT2D eigenvalue weighted by Gasteiger charge is -2.16. The van der Waals surface area contributed by atoms with Crippen LogP contribution in [0.2, 0.25) is 5.28 Å². The number of fused-ring (bicyclic) bond motifs is 3. The maximum atomic E-state index is 13.2. The fraction of sp³-hybridized carbons (Fsp3) is 0.379. The van der Waals surface area contributed by atoms with Gasteiger partial charge in [0.2, 0.25) is 17.6 Å². The van der Waals surface area contributed by atoms with Crippen molar-refractivity contribution in [2.75, 3.05) is 30.4 Å². The topological polar surface area (TPSA) is 400 Å². The third-order valence-electron chi connectivity index (χ3n) is 8.83. The van der Waals surface area contributed by atoms with E-state index in [1.165, 1.54) is 29.9 Å². The molecule has 27 nitrogen and oxygen atoms in total. The predicted molar refractivity (Wildman–Crippen MR) is 199 cm³/mol. The van der Waals surface area contributed by atoms with E-state index in [0.29, 0.717) is 38.8 Å². The number of aromatic amines is 1. The number of halogens is 2. The Labute approximate surface area is 336 Å². The summed E-state index contributed by atoms with van der Waals surface area (Å²) in [5, 5.41) is 59.3. The highest BCUT2D eigenvalue weighted by Gasteiger charge is 2.44. The molecule has 12 N–H and O–H groups in total. The van der Waals surface area contributed by atoms with E-state index >= 15 is 0 Å². The van der Waals surface area contributed by atoms with E-state index in [1.54, 1.807) is 16.2 Å². The minimum Gasteiger partial charge on any atom is -0.394 e. The summed E-state index contributed by atoms with van der Waals surface area (Å²) >= 11 is 6.85. The van der Waals surface area contributed by atoms with Crippen molar-refractivity contribution < 1.29 is 44.3 Å². The standard InChI is InChI=1S/C10H12ClN5O3.C10H12FN5O4.C9H8N8O2S/c11-10-14-8(12)7-9(15-10)16(3-13-7)6-1-4(18)5(2-17)19-6;11-10-14-7(12)4-8(15-10)16(2-13-4)9-6(19)5(18)3(1-17)20-9;1-16-3-13-6(17(18)19)8(16)20-7-4-5(12-2-11-4)14-9(10)15-7/h3-6,17-18H,1-2H2,(H2,12,14,15);2-3,5-6,9,17-19H,1H2,(H2,12,14,15);2-3H,1H3,(H3,10,11,12,14,15)/t4-,5+,6+;3-,5-,6+,9-;/m01./s1. The number of imidazole rings is 4. The van der Waals surface area contributed by atoms with Crippen molar-refractivity contribution >= 4 is 80.3 Å². The number of anilines is 3. The zero-order valence-corrected chi connectivity index (χ0v) is 31.6. The molecule has 7 atom stereocenters. The molecule has 0 bridgehead atoms. The van der Waals surface area contributed by atoms with Crippen LogP contribution in [0.4, 0.5) is 27.8 Å². The Morgan fingerprint density at radius 3 is 2.25 bits per heavy atom. The van der Waals surface area contributed by atoms with Gasteiger partial charge in [-0.05, 0) is 33.3 Å². The molecule has 312 valence electrons. The van der Waals surface area contributed by atoms with Gasteiger partial charge in [0.05, 0.1) is 38.3 Å². The lowest BCUT2D eigenvalue weighted by atomic mass is 10.1. The second kappa shape index (κ2) is 16.7. The molecule has 0 saturated carbocycles. The van der Waals surface area contributed by atoms with Crippen LogP contribution in [-0.2, 0) is 16.5 Å². The third kappa shape index (κ3) is 8.04. The van der Waals surface area contributed by atoms with Crippen molar-refractivity contribution in [1.29, 1.82) is 0 Å². The van der Waals surface area contributed by atoms with Crippen LogP contribution >= 0.6 is 23.4 Å². The summed E-state index contributed by atoms with van der Waals surface area (Å²) in [6.07, 6.45) is -1.54. The number of hydrogen-bond acceptors (Lipinski definition) is 23. The number of nitro groups is 1. The minimum atomic E-state index is -1.32. The first-order chi connectivity index (χ1) is 28.2. The fourth-order valence-electron chi connectivity index (χ4n) is 6.02. The normalized spacial score (nSPS) is 22.7. The van der Waals surface area contributed by atoms with Crippen LogP contribution in [0.15, 0.2) is 35.4 Å². The molecule has 9 rings (SSSR count). The number of hydrogen-bond donors (Lipinski definition) is 9. The molecule has 30 heteroatoms. The summed E-state index contributed by atoms with van der Waals surface area (Å²) in [6.45, 7) is -0.713. The second-order valence-corrected chi connectivity index (χ2v) is 13.9. The number of H-pyrrole nitrogens is 1. The van der Waals surface area contributed by atoms with Gasteiger partial charge in [0.1, 0.15) is 46.7 Å². The fourth-order valence-corrected chi connectivity index (χ4v) is 7.17. The summed E-state index contributed by atoms with van der Waals surface area (Å²) in [4.78, 5) is 51.9. The SMILES string of the molecule is Cn1cnc([N+](=O)[O-])c1Sc1nc(N)nc2nc[nH]c12.Nc1nc(Cl)nc2c1ncn2[C@H]1C[C@H](O)[C@@H](CO)O1.Nc1nc(F)nc2c1ncn2[C@@H]1O[C@H](CO)[C@@H](O)[C@@H]1O. The summed E-state index contributed by atoms with van der Waals surface area (Å²) < 4.78 is 28.5. The molecule has 2 aliphatic heterocycles. The predicted octanol–water partition coefficient (Wildman–Crippen LogP) is -1.41. The molecule has 0 aromatic carbocycles. The summed E-state index contributed by atoms with van der Waals surface area (Å²) in [5.74, 6) is -0.136. The lowest BCUT2D eigenvalue weighted by molar-refractivity contribution is -0.392. The molecule has 59 heavy (non-hydrogen) atoms. The van der Waals surface area contributed by atoms with Gasteiger partial charge in [0, 0.05) is 13.5 Å². The van der Waals surface area contributed by atoms with Gasteiger partial charge in [-0.3, -0.25) is 9.13 Å². The molecule has 9 heterocycles. The second-order valence-electron chi connectivity index (χ2n) is 12.6. The van der Waals surface area contributed by atoms with Crippen molar-refractivity contribution in [2.24, 2.45) is 7.05 Å². The van der Waals surface area contributed by atoms with E-state index < -0.39 is 60.6 Å². The molecule has 0 radical (unpaired) electrons. The number of aryl methyl sites for hydroxylation is 1. The number of ether oxygens (including phenoxy) is 2. The van der Waals surface area contributed by atoms with Gasteiger partial charge in [0.25, 0.3) is 0 Å². The number of nitrogen functional groups attached to an aromatic ring is 3. The average molecular weight is 863 g/mol. The van der Waals surface area contributed by atoms with E-state index in [2.05, 4.69) is 54.8 Å². The Morgan fingerprint density at radius 1 is 0.915 bits per heavy atom. The number of nitrogens with one attached hydrogen (secondary N) is 1. The monoisotopic (exact) mass is 862 g/mol. The lowest BCUT2D eigenvalue weighted by Crippen LogP contribution is -2.33. The molecule has 2 aliphatic rings. The van der Waals surface area contributed by atoms with E-state index in [0.717, 1.165) is 11.8 Å². The first-order valence-electron chi connectivity index (χ1n) is 16.9. The molecule has 0 unspecified atom stereocenters. The van der Waals surface area contributed by atoms with Gasteiger partial charge in [-0.15, -0.1) is 0 Å². The molecule has 7 aromatic rings. The molecule has 2 fully saturated rings. The van der Waals surface area contributed by atoms with Crippen LogP contribution in [-0.4, -0.2) is 143 Å². The molecule has 0 amide bonds. The van der Waals surface area contributed by atoms with E-state index in [4.69, 9.17) is 48.5 Å². The first kappa shape index (κ1) is 41.1. The highest BCUT2D eigenvalue weighted by Crippen LogP contribution is 2.36. The Balaban J connectivity index is 0.000000134. The van der Waals surface area contributed by atoms with Gasteiger partial charge in [-0.2, -0.15) is 29.3 Å². The summed E-state index contributed by atoms with van der Waals surface area (Å²) in [5.41, 5.74) is 18.9. The molecule has 0 spiro atoms. The molecule has 0 aliphatic carbocycles. The van der Waals surface area contributed by atoms with Crippen molar-refractivity contribution in [3.63, 3.8) is 0 Å². The van der Waals surface area contributed by atoms with Crippen LogP contribution < -0.4 is 17.2 Å². The Bertz CT molecular complexity index is 2650. The largest absolute Gasteiger partial charge is 0.396 e. The van der Waals surface area contributed by atoms with Crippen molar-refractivity contribution in [3.05, 3.63) is 46.8 Å². The van der Waals surface area contributed by atoms with Gasteiger partial charge < -0.3 is 71.9 Å². The molecular formula is C29H32ClFN18O9S. The van der Waals surface area contributed by atoms with Crippen LogP contribution in [0.25, 0.3) is 33.5 Å². The smallest absolute Gasteiger partial charge is 0.394 e. The van der Waals surface area contributed by atoms with Crippen molar-refractivity contribution in [1.82, 2.24) is 68.5 Å². The maximum absolute atomic E-state index is 13.2. The first-order valence-corrected chi connectivity index (χ1v) is 18.1. The van der Waals surface area contributed by atoms with Crippen LogP contribution in [0, 0.1) is 16.2 Å². The van der Waals surface area contributed by atoms with Gasteiger partial charge in [-0.25, -0.2) is 19.9 Å². The van der Waals surface area contributed by atoms with Crippen LogP contribution in [0.5, 0.6) is 0 Å². The van der Waals surface area contributed by atoms with Crippen molar-refractivity contribution in [3.8, 4) is 0 Å². The zero-order chi connectivity index (χ0) is 42.3. The minimum absolute atomic E-state index is 0.0176. The highest BCUT2D eigenvalue weighted by atomic mass is 35.5. The zero-order valence-electron chi connectivity index (χ0n) is 30.0. The van der Waals surface area contributed by atoms with E-state index in [-0.39, 0.29) is 46.5 Å². The molecular weight excluding hydrogens is 831 g/mol. The number of nitrogens with zero attached hydrogens (tertiary/aromatic N) is 14. The highest BCUT2D eigenvalue weighted by molar-refractivity contribution is 7.99. The van der Waals surface area contributed by atoms with Gasteiger partial charge in [-0.1, -0.05) is 0 Å². The van der Waals surface area contributed by atoms with Crippen LogP contribution in [0.1, 0.15) is 18.9 Å². The number of aliphatic hydroxyl groups is 5. The maximum Gasteiger partial charge on any atom is 0.396 e. The molecule has 2 saturated heterocycles. The number of aromatic nitrogens is 14. The Hall–Kier alpha value is -6.05. The van der Waals surface area contributed by atoms with E-state index in [1.807, 2.05) is 0 Å². The van der Waals surface area contributed by atoms with Gasteiger partial charge in [0.15, 0.2) is 45.3 Å². The summed E-state index contributed by atoms with van der Waals surface area (Å²) in [6, 6.07) is 0. The Kier molecular flexibility index (Phi) is 11.6. The quantitative estimate of drug-likeness (QED) is 0.0384. The van der Waals surface area contributed by atoms with Gasteiger partial charge >= 0.3 is 11.9 Å². The average Bonchev–Trinajstić information content (AvgIpc) is 4.05. The Morgan fingerprint density at radius 2 is 1.59 bits per heavy atom. The van der Waals surface area contributed by atoms with E-state index in [9.17, 15) is 29.8 Å². The third-order valence-corrected chi connectivity index (χ3v) is 10.2.